The lowest BCUT2D eigenvalue weighted by Gasteiger charge is -2.75. The predicted molar refractivity (Wildman–Crippen MR) is 434 cm³/mol. The molecule has 2 bridgehead atoms. The number of rotatable bonds is 22. The van der Waals surface area contributed by atoms with Crippen molar-refractivity contribution in [1.29, 1.82) is 0 Å². The van der Waals surface area contributed by atoms with E-state index in [1.165, 1.54) is 0 Å². The summed E-state index contributed by atoms with van der Waals surface area (Å²) in [4.78, 5) is 134. The van der Waals surface area contributed by atoms with Crippen LogP contribution in [0.3, 0.4) is 0 Å². The minimum Gasteiger partial charge on any atom is -0.459 e. The van der Waals surface area contributed by atoms with Crippen LogP contribution < -0.4 is 0 Å². The molecule has 5 saturated carbocycles. The molecule has 624 valence electrons. The Hall–Kier alpha value is -11.2. The van der Waals surface area contributed by atoms with Gasteiger partial charge in [0.1, 0.15) is 37.1 Å². The number of hydrogen-bond acceptors (Lipinski definition) is 22. The molecule has 0 aromatic heterocycles. The topological polar surface area (TPSA) is 274 Å². The Morgan fingerprint density at radius 3 is 1.03 bits per heavy atom. The van der Waals surface area contributed by atoms with Gasteiger partial charge in [0.25, 0.3) is 0 Å². The van der Waals surface area contributed by atoms with E-state index in [0.717, 1.165) is 6.42 Å². The van der Waals surface area contributed by atoms with Crippen molar-refractivity contribution in [2.75, 3.05) is 13.2 Å². The molecule has 0 N–H and O–H groups in total. The standard InChI is InChI=1S/C98H100O22/c1-92(2)52-54-97-55-53-96(7)95(6)51-48-70-93(3,4)73(112-89-79(118-87(105)66-44-28-14-29-45-66)77(116-85(103)64-40-24-12-25-41-64)75(114-83(101)62-36-20-10-21-37-62)68(110-89)58-108-81(99)60-32-16-8-17-33-60)49-50-94(70,5)71(95)56-74(98(96,72(97)57-92)120-91(97)107)113-90-80(119-88(106)67-46-30-15-31-47-67)78(117-86(104)65-42-26-13-27-43-65)76(115-84(102)63-38-22-11-23-39-63)69(111-90)59-109-82(100)61-34-18-9-19-35-61/h8-47,68-80,89-90H,48-59H2,1-7H3/t68-,69-,70+,71-,72-,73+,74+,75-,76-,77+,78+,79-,80-,89+,90+,94+,95-,96+,97+,98-/m1/s1. The van der Waals surface area contributed by atoms with Crippen LogP contribution in [-0.2, 0) is 66.4 Å². The number of esters is 9. The van der Waals surface area contributed by atoms with Crippen molar-refractivity contribution < 1.29 is 105 Å². The molecule has 22 heteroatoms. The molecule has 120 heavy (non-hydrogen) atoms. The predicted octanol–water partition coefficient (Wildman–Crippen LogP) is 16.4. The van der Waals surface area contributed by atoms with E-state index in [1.54, 1.807) is 243 Å². The summed E-state index contributed by atoms with van der Waals surface area (Å²) in [5, 5.41) is 0. The summed E-state index contributed by atoms with van der Waals surface area (Å²) < 4.78 is 89.3. The van der Waals surface area contributed by atoms with E-state index < -0.39 is 173 Å². The Morgan fingerprint density at radius 1 is 0.342 bits per heavy atom. The molecule has 3 saturated heterocycles. The van der Waals surface area contributed by atoms with Crippen LogP contribution in [-0.4, -0.2) is 146 Å². The van der Waals surface area contributed by atoms with Crippen molar-refractivity contribution in [3.63, 3.8) is 0 Å². The average Bonchev–Trinajstić information content (AvgIpc) is 1.45. The van der Waals surface area contributed by atoms with Gasteiger partial charge in [0, 0.05) is 11.3 Å². The Morgan fingerprint density at radius 2 is 0.667 bits per heavy atom. The van der Waals surface area contributed by atoms with Gasteiger partial charge in [-0.1, -0.05) is 194 Å². The molecule has 16 rings (SSSR count). The van der Waals surface area contributed by atoms with Gasteiger partial charge in [-0.3, -0.25) is 4.79 Å². The Balaban J connectivity index is 0.799. The van der Waals surface area contributed by atoms with Gasteiger partial charge in [-0.2, -0.15) is 0 Å². The third-order valence-electron chi connectivity index (χ3n) is 28.0. The maximum absolute atomic E-state index is 15.9. The van der Waals surface area contributed by atoms with E-state index in [0.29, 0.717) is 51.4 Å². The smallest absolute Gasteiger partial charge is 0.338 e. The molecular weight excluding hydrogens is 1530 g/mol. The van der Waals surface area contributed by atoms with E-state index in [9.17, 15) is 28.8 Å². The molecule has 8 aliphatic rings. The highest BCUT2D eigenvalue weighted by molar-refractivity contribution is 5.94. The molecule has 22 nitrogen and oxygen atoms in total. The number of fused-ring (bicyclic) bond motifs is 4. The van der Waals surface area contributed by atoms with Crippen molar-refractivity contribution in [1.82, 2.24) is 0 Å². The van der Waals surface area contributed by atoms with Gasteiger partial charge < -0.3 is 61.6 Å². The van der Waals surface area contributed by atoms with Gasteiger partial charge in [0.15, 0.2) is 49.2 Å². The fourth-order valence-electron chi connectivity index (χ4n) is 21.8. The first-order chi connectivity index (χ1) is 57.7. The van der Waals surface area contributed by atoms with Crippen LogP contribution in [0.4, 0.5) is 0 Å². The van der Waals surface area contributed by atoms with Gasteiger partial charge >= 0.3 is 53.7 Å². The fraction of sp³-hybridized carbons (Fsp3) is 0.418. The lowest BCUT2D eigenvalue weighted by molar-refractivity contribution is -0.370. The van der Waals surface area contributed by atoms with E-state index in [1.807, 2.05) is 0 Å². The fourth-order valence-corrected chi connectivity index (χ4v) is 21.8. The third kappa shape index (κ3) is 15.4. The lowest BCUT2D eigenvalue weighted by atomic mass is 9.30. The van der Waals surface area contributed by atoms with Crippen molar-refractivity contribution in [2.24, 2.45) is 50.2 Å². The van der Waals surface area contributed by atoms with Crippen molar-refractivity contribution >= 4 is 53.7 Å². The molecular formula is C98H100O22. The van der Waals surface area contributed by atoms with Gasteiger partial charge in [0.05, 0.1) is 56.0 Å². The Labute approximate surface area is 697 Å². The second-order valence-corrected chi connectivity index (χ2v) is 35.4. The van der Waals surface area contributed by atoms with E-state index in [-0.39, 0.29) is 74.1 Å². The molecule has 5 aliphatic carbocycles. The minimum absolute atomic E-state index is 0.100. The zero-order valence-corrected chi connectivity index (χ0v) is 68.2. The lowest BCUT2D eigenvalue weighted by Crippen LogP contribution is -2.77. The number of carbonyl (C=O) groups excluding carboxylic acids is 9. The molecule has 0 unspecified atom stereocenters. The van der Waals surface area contributed by atoms with Crippen molar-refractivity contribution in [2.45, 2.75) is 192 Å². The van der Waals surface area contributed by atoms with Crippen LogP contribution >= 0.6 is 0 Å². The van der Waals surface area contributed by atoms with Crippen LogP contribution in [0.15, 0.2) is 243 Å². The molecule has 1 spiro atoms. The zero-order chi connectivity index (χ0) is 83.9. The molecule has 0 amide bonds. The highest BCUT2D eigenvalue weighted by Crippen LogP contribution is 2.81. The molecule has 0 radical (unpaired) electrons. The SMILES string of the molecule is CC1(C)CC[C@@]23CC[C@]4(C)[C@](OC2=O)([C@@H](O[C@@H]2O[C@H](COC(=O)c5ccccc5)[C@@H](OC(=O)c5ccccc5)[C@H](OC(=O)c5ccccc5)[C@H]2OC(=O)c2ccccc2)C[C@@H]2[C@@]5(C)CC[C@H](O[C@@H]6O[C@H](COC(=O)c7ccccc7)[C@@H](OC(=O)c7ccccc7)[C@H](OC(=O)c7ccccc7)[C@H]6OC(=O)c6ccccc6)C(C)(C)[C@@H]5CC[C@]24C)[C@@H]3C1. The maximum Gasteiger partial charge on any atom is 0.338 e. The summed E-state index contributed by atoms with van der Waals surface area (Å²) in [6, 6.07) is 65.6. The third-order valence-corrected chi connectivity index (χ3v) is 28.0. The minimum atomic E-state index is -1.79. The van der Waals surface area contributed by atoms with Crippen LogP contribution in [0, 0.1) is 50.2 Å². The van der Waals surface area contributed by atoms with E-state index in [4.69, 9.17) is 61.6 Å². The van der Waals surface area contributed by atoms with Gasteiger partial charge in [-0.05, 0) is 195 Å². The second kappa shape index (κ2) is 33.4. The molecule has 8 aromatic carbocycles. The summed E-state index contributed by atoms with van der Waals surface area (Å²) in [5.41, 5.74) is -4.53. The zero-order valence-electron chi connectivity index (χ0n) is 68.2. The van der Waals surface area contributed by atoms with E-state index in [2.05, 4.69) is 48.5 Å². The molecule has 8 fully saturated rings. The summed E-state index contributed by atoms with van der Waals surface area (Å²) in [6.07, 6.45) is -13.2. The maximum atomic E-state index is 15.9. The highest BCUT2D eigenvalue weighted by Gasteiger charge is 2.84. The Bertz CT molecular complexity index is 5060. The first-order valence-corrected chi connectivity index (χ1v) is 41.6. The second-order valence-electron chi connectivity index (χ2n) is 35.4. The molecule has 20 atom stereocenters. The largest absolute Gasteiger partial charge is 0.459 e. The summed E-state index contributed by atoms with van der Waals surface area (Å²) in [7, 11) is 0. The van der Waals surface area contributed by atoms with Gasteiger partial charge in [-0.25, -0.2) is 38.4 Å². The quantitative estimate of drug-likeness (QED) is 0.0346. The van der Waals surface area contributed by atoms with Crippen LogP contribution in [0.1, 0.15) is 196 Å². The average molecular weight is 1630 g/mol. The molecule has 3 aliphatic heterocycles. The number of benzene rings is 8. The summed E-state index contributed by atoms with van der Waals surface area (Å²) in [5.74, 6) is -7.94. The van der Waals surface area contributed by atoms with Crippen LogP contribution in [0.5, 0.6) is 0 Å². The molecule has 8 aromatic rings. The molecule has 3 heterocycles. The number of carbonyl (C=O) groups is 9. The van der Waals surface area contributed by atoms with Crippen molar-refractivity contribution in [3.05, 3.63) is 287 Å². The van der Waals surface area contributed by atoms with Gasteiger partial charge in [0.2, 0.25) is 0 Å². The van der Waals surface area contributed by atoms with Crippen molar-refractivity contribution in [3.8, 4) is 0 Å². The number of ether oxygens (including phenoxy) is 13. The summed E-state index contributed by atoms with van der Waals surface area (Å²) >= 11 is 0. The first-order valence-electron chi connectivity index (χ1n) is 41.6. The van der Waals surface area contributed by atoms with Crippen LogP contribution in [0.25, 0.3) is 0 Å². The monoisotopic (exact) mass is 1630 g/mol. The van der Waals surface area contributed by atoms with Crippen LogP contribution in [0.2, 0.25) is 0 Å². The summed E-state index contributed by atoms with van der Waals surface area (Å²) in [6.45, 7) is 14.5. The highest BCUT2D eigenvalue weighted by atomic mass is 16.8. The van der Waals surface area contributed by atoms with Gasteiger partial charge in [-0.15, -0.1) is 0 Å². The normalized spacial score (nSPS) is 32.3. The Kier molecular flexibility index (Phi) is 23.0. The number of hydrogen-bond donors (Lipinski definition) is 0. The van der Waals surface area contributed by atoms with E-state index >= 15 is 14.4 Å². The first kappa shape index (κ1) is 82.5.